The molecule has 0 bridgehead atoms. The van der Waals surface area contributed by atoms with Crippen molar-refractivity contribution in [3.05, 3.63) is 17.5 Å². The third kappa shape index (κ3) is 4.27. The monoisotopic (exact) mass is 410 g/mol. The van der Waals surface area contributed by atoms with Gasteiger partial charge in [-0.3, -0.25) is 4.68 Å². The van der Waals surface area contributed by atoms with Gasteiger partial charge >= 0.3 is 6.09 Å². The first-order valence-corrected chi connectivity index (χ1v) is 11.1. The highest BCUT2D eigenvalue weighted by molar-refractivity contribution is 7.84. The molecule has 2 atom stereocenters. The number of amides is 1. The molecule has 0 radical (unpaired) electrons. The average molecular weight is 411 g/mol. The molecule has 8 heteroatoms. The van der Waals surface area contributed by atoms with Gasteiger partial charge < -0.3 is 9.64 Å². The third-order valence-corrected chi connectivity index (χ3v) is 7.13. The van der Waals surface area contributed by atoms with Crippen LogP contribution in [0.5, 0.6) is 0 Å². The molecule has 2 aliphatic rings. The molecule has 158 valence electrons. The van der Waals surface area contributed by atoms with Gasteiger partial charge in [-0.2, -0.15) is 5.10 Å². The van der Waals surface area contributed by atoms with Gasteiger partial charge in [0.2, 0.25) is 0 Å². The van der Waals surface area contributed by atoms with Gasteiger partial charge in [0.1, 0.15) is 5.60 Å². The van der Waals surface area contributed by atoms with E-state index in [-0.39, 0.29) is 22.3 Å². The Labute approximate surface area is 170 Å². The van der Waals surface area contributed by atoms with Crippen molar-refractivity contribution in [3.8, 4) is 0 Å². The largest absolute Gasteiger partial charge is 0.444 e. The standard InChI is InChI=1S/C20H34N4O3S/c1-18(2,3)27-17(25)24-10-8-20(9-11-24)12-15-14(13-23(7)21-15)16(20)22-28(26)19(4,5)6/h13,16,22H,8-12H2,1-7H3/t16-,28?/m0/s1. The molecule has 3 rings (SSSR count). The molecule has 1 aliphatic carbocycles. The number of nitrogens with zero attached hydrogens (tertiary/aromatic N) is 3. The van der Waals surface area contributed by atoms with Crippen molar-refractivity contribution >= 4 is 17.1 Å². The number of ether oxygens (including phenoxy) is 1. The fraction of sp³-hybridized carbons (Fsp3) is 0.800. The number of likely N-dealkylation sites (tertiary alicyclic amines) is 1. The Morgan fingerprint density at radius 3 is 2.39 bits per heavy atom. The summed E-state index contributed by atoms with van der Waals surface area (Å²) < 4.78 is 23.3. The van der Waals surface area contributed by atoms with Crippen molar-refractivity contribution in [1.82, 2.24) is 19.4 Å². The van der Waals surface area contributed by atoms with Crippen LogP contribution in [0.3, 0.4) is 0 Å². The molecule has 1 aliphatic heterocycles. The third-order valence-electron chi connectivity index (χ3n) is 5.57. The van der Waals surface area contributed by atoms with Crippen LogP contribution in [-0.2, 0) is 29.2 Å². The lowest BCUT2D eigenvalue weighted by Gasteiger charge is -2.43. The number of carbonyl (C=O) groups excluding carboxylic acids is 1. The molecule has 1 spiro atoms. The number of aromatic nitrogens is 2. The van der Waals surface area contributed by atoms with E-state index in [0.29, 0.717) is 13.1 Å². The first-order valence-electron chi connectivity index (χ1n) is 9.99. The number of nitrogens with one attached hydrogen (secondary N) is 1. The Kier molecular flexibility index (Phi) is 5.42. The summed E-state index contributed by atoms with van der Waals surface area (Å²) in [6.45, 7) is 12.9. The zero-order chi connectivity index (χ0) is 20.9. The first kappa shape index (κ1) is 21.3. The Morgan fingerprint density at radius 1 is 1.25 bits per heavy atom. The van der Waals surface area contributed by atoms with Crippen LogP contribution in [0.4, 0.5) is 4.79 Å². The number of carbonyl (C=O) groups is 1. The van der Waals surface area contributed by atoms with E-state index in [9.17, 15) is 9.00 Å². The van der Waals surface area contributed by atoms with E-state index < -0.39 is 16.6 Å². The highest BCUT2D eigenvalue weighted by Gasteiger charge is 2.51. The molecular weight excluding hydrogens is 376 g/mol. The number of hydrogen-bond donors (Lipinski definition) is 1. The highest BCUT2D eigenvalue weighted by Crippen LogP contribution is 2.52. The molecule has 0 saturated carbocycles. The number of piperidine rings is 1. The van der Waals surface area contributed by atoms with Gasteiger partial charge in [0.15, 0.2) is 0 Å². The summed E-state index contributed by atoms with van der Waals surface area (Å²) in [5, 5.41) is 4.64. The van der Waals surface area contributed by atoms with Crippen LogP contribution in [0.2, 0.25) is 0 Å². The second-order valence-electron chi connectivity index (χ2n) is 10.1. The second-order valence-corrected chi connectivity index (χ2v) is 12.1. The number of hydrogen-bond acceptors (Lipinski definition) is 4. The number of fused-ring (bicyclic) bond motifs is 1. The van der Waals surface area contributed by atoms with Crippen molar-refractivity contribution < 1.29 is 13.7 Å². The summed E-state index contributed by atoms with van der Waals surface area (Å²) in [4.78, 5) is 14.2. The number of aryl methyl sites for hydroxylation is 1. The minimum atomic E-state index is -1.18. The van der Waals surface area contributed by atoms with E-state index in [1.807, 2.05) is 59.5 Å². The van der Waals surface area contributed by atoms with Crippen LogP contribution >= 0.6 is 0 Å². The molecule has 1 N–H and O–H groups in total. The van der Waals surface area contributed by atoms with E-state index in [1.165, 1.54) is 0 Å². The Hall–Kier alpha value is -1.41. The molecule has 1 amide bonds. The minimum absolute atomic E-state index is 0.0166. The van der Waals surface area contributed by atoms with Crippen LogP contribution in [0.1, 0.15) is 71.7 Å². The molecule has 0 aromatic carbocycles. The van der Waals surface area contributed by atoms with Gasteiger partial charge in [0.05, 0.1) is 27.5 Å². The quantitative estimate of drug-likeness (QED) is 0.813. The maximum atomic E-state index is 12.9. The smallest absolute Gasteiger partial charge is 0.410 e. The fourth-order valence-corrected chi connectivity index (χ4v) is 5.04. The maximum Gasteiger partial charge on any atom is 0.410 e. The molecule has 28 heavy (non-hydrogen) atoms. The molecule has 1 saturated heterocycles. The lowest BCUT2D eigenvalue weighted by atomic mass is 9.73. The molecule has 1 aromatic rings. The van der Waals surface area contributed by atoms with Crippen molar-refractivity contribution in [2.24, 2.45) is 12.5 Å². The zero-order valence-corrected chi connectivity index (χ0v) is 19.0. The Balaban J connectivity index is 1.78. The van der Waals surface area contributed by atoms with E-state index in [1.54, 1.807) is 4.90 Å². The van der Waals surface area contributed by atoms with Crippen molar-refractivity contribution in [2.45, 2.75) is 77.2 Å². The van der Waals surface area contributed by atoms with Crippen LogP contribution in [0.15, 0.2) is 6.20 Å². The summed E-state index contributed by atoms with van der Waals surface area (Å²) in [6.07, 6.45) is 4.32. The lowest BCUT2D eigenvalue weighted by Crippen LogP contribution is -2.50. The first-order chi connectivity index (χ1) is 12.8. The Bertz CT molecular complexity index is 767. The van der Waals surface area contributed by atoms with E-state index in [2.05, 4.69) is 9.82 Å². The van der Waals surface area contributed by atoms with E-state index in [0.717, 1.165) is 30.5 Å². The predicted octanol–water partition coefficient (Wildman–Crippen LogP) is 3.09. The topological polar surface area (TPSA) is 76.5 Å². The summed E-state index contributed by atoms with van der Waals surface area (Å²) in [6, 6.07) is -0.0166. The molecule has 1 aromatic heterocycles. The van der Waals surface area contributed by atoms with Crippen LogP contribution in [0.25, 0.3) is 0 Å². The molecule has 2 heterocycles. The predicted molar refractivity (Wildman–Crippen MR) is 110 cm³/mol. The zero-order valence-electron chi connectivity index (χ0n) is 18.2. The molecular formula is C20H34N4O3S. The van der Waals surface area contributed by atoms with Crippen molar-refractivity contribution in [2.75, 3.05) is 13.1 Å². The SMILES string of the molecule is Cn1cc2c(n1)CC1(CCN(C(=O)OC(C)(C)C)CC1)[C@H]2NS(=O)C(C)(C)C. The summed E-state index contributed by atoms with van der Waals surface area (Å²) >= 11 is 0. The Morgan fingerprint density at radius 2 is 1.86 bits per heavy atom. The van der Waals surface area contributed by atoms with Crippen LogP contribution in [0, 0.1) is 5.41 Å². The van der Waals surface area contributed by atoms with Crippen LogP contribution < -0.4 is 4.72 Å². The van der Waals surface area contributed by atoms with Gasteiger partial charge in [-0.05, 0) is 66.2 Å². The van der Waals surface area contributed by atoms with E-state index >= 15 is 0 Å². The number of rotatable bonds is 2. The molecule has 7 nitrogen and oxygen atoms in total. The maximum absolute atomic E-state index is 12.9. The minimum Gasteiger partial charge on any atom is -0.444 e. The van der Waals surface area contributed by atoms with Crippen molar-refractivity contribution in [1.29, 1.82) is 0 Å². The van der Waals surface area contributed by atoms with Gasteiger partial charge in [0.25, 0.3) is 0 Å². The normalized spacial score (nSPS) is 23.0. The molecule has 1 fully saturated rings. The summed E-state index contributed by atoms with van der Waals surface area (Å²) in [5.74, 6) is 0. The average Bonchev–Trinajstić information content (AvgIpc) is 3.00. The summed E-state index contributed by atoms with van der Waals surface area (Å²) in [7, 11) is 0.748. The van der Waals surface area contributed by atoms with Gasteiger partial charge in [-0.1, -0.05) is 0 Å². The van der Waals surface area contributed by atoms with Crippen LogP contribution in [-0.4, -0.2) is 48.4 Å². The highest BCUT2D eigenvalue weighted by atomic mass is 32.2. The second kappa shape index (κ2) is 7.13. The lowest BCUT2D eigenvalue weighted by molar-refractivity contribution is 0.00708. The summed E-state index contributed by atoms with van der Waals surface area (Å²) in [5.41, 5.74) is 1.67. The van der Waals surface area contributed by atoms with Crippen molar-refractivity contribution in [3.63, 3.8) is 0 Å². The van der Waals surface area contributed by atoms with Gasteiger partial charge in [-0.15, -0.1) is 0 Å². The fourth-order valence-electron chi connectivity index (χ4n) is 4.10. The van der Waals surface area contributed by atoms with Gasteiger partial charge in [0, 0.05) is 31.9 Å². The van der Waals surface area contributed by atoms with E-state index in [4.69, 9.17) is 4.74 Å². The molecule has 1 unspecified atom stereocenters. The van der Waals surface area contributed by atoms with Gasteiger partial charge in [-0.25, -0.2) is 13.7 Å².